The van der Waals surface area contributed by atoms with E-state index in [1.165, 1.54) is 19.3 Å². The summed E-state index contributed by atoms with van der Waals surface area (Å²) >= 11 is 0. The second-order valence-corrected chi connectivity index (χ2v) is 5.41. The molecular formula is C12H20N2O3. The van der Waals surface area contributed by atoms with Crippen molar-refractivity contribution >= 4 is 12.0 Å². The van der Waals surface area contributed by atoms with E-state index < -0.39 is 5.97 Å². The van der Waals surface area contributed by atoms with Crippen LogP contribution in [0.4, 0.5) is 4.79 Å². The normalized spacial score (nSPS) is 28.9. The van der Waals surface area contributed by atoms with Crippen molar-refractivity contribution in [2.24, 2.45) is 17.8 Å². The maximum atomic E-state index is 11.7. The van der Waals surface area contributed by atoms with Gasteiger partial charge in [0.25, 0.3) is 0 Å². The van der Waals surface area contributed by atoms with Crippen LogP contribution in [0.3, 0.4) is 0 Å². The lowest BCUT2D eigenvalue weighted by Crippen LogP contribution is -2.56. The van der Waals surface area contributed by atoms with Crippen molar-refractivity contribution in [3.05, 3.63) is 0 Å². The van der Waals surface area contributed by atoms with Crippen LogP contribution in [0.25, 0.3) is 0 Å². The first-order valence-electron chi connectivity index (χ1n) is 6.32. The van der Waals surface area contributed by atoms with E-state index in [2.05, 4.69) is 12.2 Å². The molecule has 2 N–H and O–H groups in total. The number of carbonyl (C=O) groups is 2. The Morgan fingerprint density at radius 1 is 1.35 bits per heavy atom. The molecule has 2 unspecified atom stereocenters. The molecule has 2 fully saturated rings. The predicted molar refractivity (Wildman–Crippen MR) is 62.6 cm³/mol. The van der Waals surface area contributed by atoms with Crippen molar-refractivity contribution in [1.82, 2.24) is 10.2 Å². The zero-order chi connectivity index (χ0) is 12.4. The van der Waals surface area contributed by atoms with E-state index in [1.807, 2.05) is 0 Å². The quantitative estimate of drug-likeness (QED) is 0.777. The number of aliphatic carboxylic acids is 1. The van der Waals surface area contributed by atoms with Gasteiger partial charge in [0.2, 0.25) is 0 Å². The summed E-state index contributed by atoms with van der Waals surface area (Å²) < 4.78 is 0. The summed E-state index contributed by atoms with van der Waals surface area (Å²) in [5, 5.41) is 11.6. The molecule has 1 saturated carbocycles. The van der Waals surface area contributed by atoms with E-state index in [1.54, 1.807) is 4.90 Å². The first-order chi connectivity index (χ1) is 8.06. The van der Waals surface area contributed by atoms with Gasteiger partial charge in [-0.05, 0) is 24.7 Å². The SMILES string of the molecule is CC1CCC(CNC(=O)N2CC(C(=O)O)C2)C1. The summed E-state index contributed by atoms with van der Waals surface area (Å²) in [4.78, 5) is 23.8. The number of likely N-dealkylation sites (tertiary alicyclic amines) is 1. The lowest BCUT2D eigenvalue weighted by Gasteiger charge is -2.36. The number of nitrogens with one attached hydrogen (secondary N) is 1. The van der Waals surface area contributed by atoms with Gasteiger partial charge >= 0.3 is 12.0 Å². The van der Waals surface area contributed by atoms with E-state index in [9.17, 15) is 9.59 Å². The molecule has 0 aromatic carbocycles. The average molecular weight is 240 g/mol. The third kappa shape index (κ3) is 2.90. The molecule has 1 aliphatic heterocycles. The summed E-state index contributed by atoms with van der Waals surface area (Å²) in [7, 11) is 0. The van der Waals surface area contributed by atoms with Gasteiger partial charge in [0, 0.05) is 19.6 Å². The van der Waals surface area contributed by atoms with Crippen LogP contribution in [-0.4, -0.2) is 41.6 Å². The van der Waals surface area contributed by atoms with Crippen molar-refractivity contribution < 1.29 is 14.7 Å². The molecule has 0 aromatic heterocycles. The number of carboxylic acid groups (broad SMARTS) is 1. The highest BCUT2D eigenvalue weighted by atomic mass is 16.4. The highest BCUT2D eigenvalue weighted by molar-refractivity contribution is 5.79. The zero-order valence-corrected chi connectivity index (χ0v) is 10.2. The lowest BCUT2D eigenvalue weighted by atomic mass is 10.0. The Morgan fingerprint density at radius 3 is 2.59 bits per heavy atom. The van der Waals surface area contributed by atoms with Gasteiger partial charge in [-0.1, -0.05) is 13.3 Å². The number of carbonyl (C=O) groups excluding carboxylic acids is 1. The van der Waals surface area contributed by atoms with E-state index in [-0.39, 0.29) is 11.9 Å². The van der Waals surface area contributed by atoms with Gasteiger partial charge in [0.15, 0.2) is 0 Å². The van der Waals surface area contributed by atoms with Crippen LogP contribution in [0, 0.1) is 17.8 Å². The fourth-order valence-electron chi connectivity index (χ4n) is 2.65. The van der Waals surface area contributed by atoms with Gasteiger partial charge in [-0.3, -0.25) is 4.79 Å². The third-order valence-electron chi connectivity index (χ3n) is 3.86. The number of nitrogens with zero attached hydrogens (tertiary/aromatic N) is 1. The molecule has 5 heteroatoms. The standard InChI is InChI=1S/C12H20N2O3/c1-8-2-3-9(4-8)5-13-12(17)14-6-10(7-14)11(15)16/h8-10H,2-7H2,1H3,(H,13,17)(H,15,16). The largest absolute Gasteiger partial charge is 0.481 e. The molecule has 0 radical (unpaired) electrons. The molecule has 2 atom stereocenters. The molecule has 2 amide bonds. The molecule has 17 heavy (non-hydrogen) atoms. The smallest absolute Gasteiger partial charge is 0.317 e. The van der Waals surface area contributed by atoms with Crippen LogP contribution < -0.4 is 5.32 Å². The number of rotatable bonds is 3. The number of amides is 2. The minimum Gasteiger partial charge on any atom is -0.481 e. The van der Waals surface area contributed by atoms with E-state index >= 15 is 0 Å². The molecular weight excluding hydrogens is 220 g/mol. The summed E-state index contributed by atoms with van der Waals surface area (Å²) in [6, 6.07) is -0.109. The van der Waals surface area contributed by atoms with Crippen molar-refractivity contribution in [1.29, 1.82) is 0 Å². The van der Waals surface area contributed by atoms with Gasteiger partial charge in [0.1, 0.15) is 0 Å². The van der Waals surface area contributed by atoms with E-state index in [0.717, 1.165) is 12.5 Å². The van der Waals surface area contributed by atoms with Crippen LogP contribution in [0.15, 0.2) is 0 Å². The lowest BCUT2D eigenvalue weighted by molar-refractivity contribution is -0.146. The molecule has 0 bridgehead atoms. The van der Waals surface area contributed by atoms with E-state index in [0.29, 0.717) is 19.0 Å². The molecule has 1 aliphatic carbocycles. The van der Waals surface area contributed by atoms with Gasteiger partial charge < -0.3 is 15.3 Å². The zero-order valence-electron chi connectivity index (χ0n) is 10.2. The van der Waals surface area contributed by atoms with Crippen molar-refractivity contribution in [3.63, 3.8) is 0 Å². The molecule has 2 aliphatic rings. The van der Waals surface area contributed by atoms with Gasteiger partial charge in [-0.15, -0.1) is 0 Å². The fraction of sp³-hybridized carbons (Fsp3) is 0.833. The number of hydrogen-bond donors (Lipinski definition) is 2. The highest BCUT2D eigenvalue weighted by Crippen LogP contribution is 2.29. The molecule has 5 nitrogen and oxygen atoms in total. The number of hydrogen-bond acceptors (Lipinski definition) is 2. The topological polar surface area (TPSA) is 69.6 Å². The second kappa shape index (κ2) is 4.94. The van der Waals surface area contributed by atoms with Gasteiger partial charge in [-0.2, -0.15) is 0 Å². The Morgan fingerprint density at radius 2 is 2.06 bits per heavy atom. The summed E-state index contributed by atoms with van der Waals surface area (Å²) in [5.41, 5.74) is 0. The van der Waals surface area contributed by atoms with Gasteiger partial charge in [0.05, 0.1) is 5.92 Å². The maximum absolute atomic E-state index is 11.7. The van der Waals surface area contributed by atoms with Crippen LogP contribution in [0.1, 0.15) is 26.2 Å². The van der Waals surface area contributed by atoms with E-state index in [4.69, 9.17) is 5.11 Å². The summed E-state index contributed by atoms with van der Waals surface area (Å²) in [6.45, 7) is 3.68. The van der Waals surface area contributed by atoms with Crippen LogP contribution in [0.5, 0.6) is 0 Å². The molecule has 96 valence electrons. The maximum Gasteiger partial charge on any atom is 0.317 e. The minimum absolute atomic E-state index is 0.109. The Labute approximate surface area is 101 Å². The van der Waals surface area contributed by atoms with Crippen LogP contribution in [-0.2, 0) is 4.79 Å². The fourth-order valence-corrected chi connectivity index (χ4v) is 2.65. The molecule has 2 rings (SSSR count). The first kappa shape index (κ1) is 12.2. The van der Waals surface area contributed by atoms with Crippen molar-refractivity contribution in [3.8, 4) is 0 Å². The molecule has 1 heterocycles. The molecule has 1 saturated heterocycles. The monoisotopic (exact) mass is 240 g/mol. The Balaban J connectivity index is 1.64. The summed E-state index contributed by atoms with van der Waals surface area (Å²) in [5.74, 6) is 0.203. The Bertz CT molecular complexity index is 313. The number of carboxylic acids is 1. The number of urea groups is 1. The third-order valence-corrected chi connectivity index (χ3v) is 3.86. The van der Waals surface area contributed by atoms with Crippen molar-refractivity contribution in [2.75, 3.05) is 19.6 Å². The van der Waals surface area contributed by atoms with Crippen LogP contribution in [0.2, 0.25) is 0 Å². The Kier molecular flexibility index (Phi) is 3.54. The minimum atomic E-state index is -0.807. The average Bonchev–Trinajstić information content (AvgIpc) is 2.58. The molecule has 0 spiro atoms. The predicted octanol–water partition coefficient (Wildman–Crippen LogP) is 1.15. The first-order valence-corrected chi connectivity index (χ1v) is 6.32. The highest BCUT2D eigenvalue weighted by Gasteiger charge is 2.35. The Hall–Kier alpha value is -1.26. The van der Waals surface area contributed by atoms with Crippen molar-refractivity contribution in [2.45, 2.75) is 26.2 Å². The second-order valence-electron chi connectivity index (χ2n) is 5.41. The van der Waals surface area contributed by atoms with Crippen LogP contribution >= 0.6 is 0 Å². The summed E-state index contributed by atoms with van der Waals surface area (Å²) in [6.07, 6.45) is 3.64. The van der Waals surface area contributed by atoms with Gasteiger partial charge in [-0.25, -0.2) is 4.79 Å². The molecule has 0 aromatic rings.